The first-order chi connectivity index (χ1) is 46.8. The van der Waals surface area contributed by atoms with Gasteiger partial charge in [0.2, 0.25) is 0 Å². The molecule has 0 aliphatic heterocycles. The number of thiophene rings is 2. The van der Waals surface area contributed by atoms with E-state index in [1.165, 1.54) is 217 Å². The number of aryl methyl sites for hydroxylation is 3. The molecule has 0 saturated carbocycles. The molecule has 0 fully saturated rings. The van der Waals surface area contributed by atoms with E-state index in [9.17, 15) is 0 Å². The SMILES string of the molecule is C=CCCCCCCCCCOc1ccc(-c2ccc(OCCCCCCCCCCCC)cc2)cc1.FF.FF.FF.[C-]#[N+]c1ccc(-c2ccc(CCCCCCCCCCOc3ccc4c(C5=C(c6c(C)sc7cc(OC)ccc67)CCC5)c(C)sc4c3)cc2)cc1. The molecule has 2 aromatic heterocycles. The van der Waals surface area contributed by atoms with E-state index < -0.39 is 0 Å². The Hall–Kier alpha value is -7.01. The van der Waals surface area contributed by atoms with Gasteiger partial charge in [-0.3, -0.25) is 0 Å². The molecular formula is C82H103F6NO4S2. The zero-order valence-electron chi connectivity index (χ0n) is 57.0. The molecule has 2 heterocycles. The van der Waals surface area contributed by atoms with Crippen molar-refractivity contribution in [2.24, 2.45) is 0 Å². The van der Waals surface area contributed by atoms with Crippen LogP contribution >= 0.6 is 22.7 Å². The second-order valence-electron chi connectivity index (χ2n) is 24.7. The fraction of sp³-hybridized carbons (Fsp3) is 0.451. The van der Waals surface area contributed by atoms with Gasteiger partial charge in [0.15, 0.2) is 5.69 Å². The predicted octanol–water partition coefficient (Wildman–Crippen LogP) is 28.7. The summed E-state index contributed by atoms with van der Waals surface area (Å²) in [6.45, 7) is 20.2. The Morgan fingerprint density at radius 2 is 0.779 bits per heavy atom. The van der Waals surface area contributed by atoms with Crippen LogP contribution < -0.4 is 18.9 Å². The minimum Gasteiger partial charge on any atom is -0.497 e. The van der Waals surface area contributed by atoms with Gasteiger partial charge in [-0.1, -0.05) is 214 Å². The highest BCUT2D eigenvalue weighted by molar-refractivity contribution is 7.19. The van der Waals surface area contributed by atoms with Gasteiger partial charge in [0.25, 0.3) is 0 Å². The average Bonchev–Trinajstić information content (AvgIpc) is 1.60. The third kappa shape index (κ3) is 27.2. The molecule has 0 bridgehead atoms. The molecule has 0 unspecified atom stereocenters. The lowest BCUT2D eigenvalue weighted by atomic mass is 9.93. The van der Waals surface area contributed by atoms with Crippen LogP contribution in [0.3, 0.4) is 0 Å². The van der Waals surface area contributed by atoms with E-state index >= 15 is 0 Å². The van der Waals surface area contributed by atoms with E-state index in [1.54, 1.807) is 18.3 Å². The maximum atomic E-state index is 8.00. The smallest absolute Gasteiger partial charge is 0.187 e. The van der Waals surface area contributed by atoms with Crippen LogP contribution in [0.15, 0.2) is 146 Å². The lowest BCUT2D eigenvalue weighted by Crippen LogP contribution is -1.97. The maximum absolute atomic E-state index is 8.00. The third-order valence-corrected chi connectivity index (χ3v) is 19.9. The number of unbranched alkanes of at least 4 members (excludes halogenated alkanes) is 23. The van der Waals surface area contributed by atoms with E-state index in [0.717, 1.165) is 87.8 Å². The quantitative estimate of drug-likeness (QED) is 0.0166. The molecule has 0 N–H and O–H groups in total. The minimum absolute atomic E-state index is 0.689. The average molecular weight is 1340 g/mol. The molecule has 9 rings (SSSR count). The highest BCUT2D eigenvalue weighted by Gasteiger charge is 2.26. The van der Waals surface area contributed by atoms with Gasteiger partial charge in [0.1, 0.15) is 23.0 Å². The molecule has 1 aliphatic rings. The summed E-state index contributed by atoms with van der Waals surface area (Å²) >= 11 is 3.80. The summed E-state index contributed by atoms with van der Waals surface area (Å²) in [4.78, 5) is 6.30. The molecule has 95 heavy (non-hydrogen) atoms. The monoisotopic (exact) mass is 1340 g/mol. The van der Waals surface area contributed by atoms with Crippen molar-refractivity contribution in [1.82, 2.24) is 0 Å². The number of methoxy groups -OCH3 is 1. The number of hydrogen-bond donors (Lipinski definition) is 0. The van der Waals surface area contributed by atoms with Crippen LogP contribution in [0, 0.1) is 20.4 Å². The lowest BCUT2D eigenvalue weighted by molar-refractivity contribution is 0.108. The molecule has 0 spiro atoms. The van der Waals surface area contributed by atoms with Gasteiger partial charge in [-0.05, 0) is 189 Å². The fourth-order valence-corrected chi connectivity index (χ4v) is 14.9. The first kappa shape index (κ1) is 78.7. The van der Waals surface area contributed by atoms with Gasteiger partial charge in [-0.15, -0.1) is 29.3 Å². The maximum Gasteiger partial charge on any atom is 0.187 e. The molecule has 13 heteroatoms. The van der Waals surface area contributed by atoms with Gasteiger partial charge in [-0.25, -0.2) is 4.85 Å². The number of fused-ring (bicyclic) bond motifs is 2. The topological polar surface area (TPSA) is 41.3 Å². The first-order valence-corrected chi connectivity index (χ1v) is 36.5. The van der Waals surface area contributed by atoms with Crippen molar-refractivity contribution in [1.29, 1.82) is 0 Å². The van der Waals surface area contributed by atoms with Crippen molar-refractivity contribution >= 4 is 59.7 Å². The summed E-state index contributed by atoms with van der Waals surface area (Å²) in [6, 6.07) is 47.1. The number of allylic oxidation sites excluding steroid dienone is 3. The number of nitrogens with zero attached hydrogens (tertiary/aromatic N) is 1. The zero-order valence-corrected chi connectivity index (χ0v) is 58.6. The summed E-state index contributed by atoms with van der Waals surface area (Å²) in [5.41, 5.74) is 12.9. The minimum atomic E-state index is 0.689. The van der Waals surface area contributed by atoms with Crippen molar-refractivity contribution in [3.8, 4) is 45.3 Å². The molecule has 1 aliphatic carbocycles. The van der Waals surface area contributed by atoms with Crippen molar-refractivity contribution < 1.29 is 46.4 Å². The van der Waals surface area contributed by atoms with Crippen LogP contribution in [0.5, 0.6) is 23.0 Å². The fourth-order valence-electron chi connectivity index (χ4n) is 12.7. The third-order valence-electron chi connectivity index (χ3n) is 17.8. The molecule has 8 aromatic rings. The van der Waals surface area contributed by atoms with Crippen LogP contribution in [0.1, 0.15) is 220 Å². The summed E-state index contributed by atoms with van der Waals surface area (Å²) in [7, 11) is 1.75. The van der Waals surface area contributed by atoms with Crippen LogP contribution in [0.4, 0.5) is 33.1 Å². The van der Waals surface area contributed by atoms with Gasteiger partial charge in [-0.2, -0.15) is 0 Å². The van der Waals surface area contributed by atoms with E-state index in [1.807, 2.05) is 53.0 Å². The first-order valence-electron chi connectivity index (χ1n) is 34.9. The highest BCUT2D eigenvalue weighted by atomic mass is 32.1. The molecule has 0 atom stereocenters. The lowest BCUT2D eigenvalue weighted by Gasteiger charge is -2.11. The Labute approximate surface area is 572 Å². The Morgan fingerprint density at radius 3 is 1.19 bits per heavy atom. The standard InChI is InChI=1S/C47H49NO2S2.C35H54O2.3F2/c1-32-46(42-27-25-38(49-4)30-44(42)51-32)40-15-13-16-41(40)47-33(2)52-45-31-39(26-28-43(45)47)50-29-12-10-8-6-5-7-9-11-14-34-17-19-35(20-18-34)36-21-23-37(48-3)24-22-36;1-3-5-7-9-11-13-15-17-19-21-31-37-35-28-24-33(25-29-35)32-22-26-34(27-23-32)36-30-20-18-16-14-12-10-8-6-4-2;3*1-2/h17-28,30-31H,5-16,29H2,1-2,4H3;4,22-29H,2-3,5-21,30-31H2,1H3;;;. The van der Waals surface area contributed by atoms with Crippen molar-refractivity contribution in [3.05, 3.63) is 184 Å². The van der Waals surface area contributed by atoms with E-state index in [-0.39, 0.29) is 0 Å². The largest absolute Gasteiger partial charge is 0.497 e. The Kier molecular flexibility index (Phi) is 39.6. The summed E-state index contributed by atoms with van der Waals surface area (Å²) in [6.07, 6.45) is 40.5. The Morgan fingerprint density at radius 1 is 0.432 bits per heavy atom. The van der Waals surface area contributed by atoms with Gasteiger partial charge in [0.05, 0.1) is 33.5 Å². The van der Waals surface area contributed by atoms with Crippen molar-refractivity contribution in [2.75, 3.05) is 26.9 Å². The summed E-state index contributed by atoms with van der Waals surface area (Å²) in [5.74, 6) is 3.86. The van der Waals surface area contributed by atoms with Crippen LogP contribution in [-0.4, -0.2) is 26.9 Å². The number of ether oxygens (including phenoxy) is 4. The zero-order chi connectivity index (χ0) is 68.1. The van der Waals surface area contributed by atoms with Gasteiger partial charge in [0, 0.05) is 57.4 Å². The molecule has 6 aromatic carbocycles. The van der Waals surface area contributed by atoms with Crippen LogP contribution in [0.25, 0.3) is 58.4 Å². The Bertz CT molecular complexity index is 3430. The van der Waals surface area contributed by atoms with Crippen LogP contribution in [-0.2, 0) is 6.42 Å². The molecular weight excluding hydrogens is 1240 g/mol. The van der Waals surface area contributed by atoms with Crippen molar-refractivity contribution in [2.45, 2.75) is 213 Å². The molecule has 0 saturated heterocycles. The van der Waals surface area contributed by atoms with E-state index in [0.29, 0.717) is 5.69 Å². The number of hydrogen-bond acceptors (Lipinski definition) is 6. The number of rotatable bonds is 40. The van der Waals surface area contributed by atoms with Crippen LogP contribution in [0.2, 0.25) is 0 Å². The normalized spacial score (nSPS) is 11.5. The molecule has 5 nitrogen and oxygen atoms in total. The molecule has 514 valence electrons. The van der Waals surface area contributed by atoms with Crippen molar-refractivity contribution in [3.63, 3.8) is 0 Å². The Balaban J connectivity index is 0.000000336. The van der Waals surface area contributed by atoms with E-state index in [4.69, 9.17) is 53.0 Å². The molecule has 0 amide bonds. The highest BCUT2D eigenvalue weighted by Crippen LogP contribution is 2.50. The number of benzene rings is 6. The summed E-state index contributed by atoms with van der Waals surface area (Å²) in [5, 5.41) is 2.74. The van der Waals surface area contributed by atoms with Gasteiger partial charge < -0.3 is 18.9 Å². The molecule has 0 radical (unpaired) electrons. The van der Waals surface area contributed by atoms with E-state index in [2.05, 4.69) is 141 Å². The number of halogens is 6. The second-order valence-corrected chi connectivity index (χ2v) is 27.2. The summed E-state index contributed by atoms with van der Waals surface area (Å²) < 4.78 is 74.4. The van der Waals surface area contributed by atoms with Gasteiger partial charge >= 0.3 is 0 Å². The predicted molar refractivity (Wildman–Crippen MR) is 393 cm³/mol. The second kappa shape index (κ2) is 47.8.